The summed E-state index contributed by atoms with van der Waals surface area (Å²) >= 11 is 0. The van der Waals surface area contributed by atoms with Gasteiger partial charge in [0.25, 0.3) is 0 Å². The number of rotatable bonds is 0. The molecule has 27 heavy (non-hydrogen) atoms. The van der Waals surface area contributed by atoms with Gasteiger partial charge in [0.15, 0.2) is 0 Å². The highest BCUT2D eigenvalue weighted by Crippen LogP contribution is 2.21. The third-order valence-electron chi connectivity index (χ3n) is 3.64. The fourth-order valence-corrected chi connectivity index (χ4v) is 2.43. The fraction of sp³-hybridized carbons (Fsp3) is 0. The average molecular weight is 360 g/mol. The first kappa shape index (κ1) is 17.4. The van der Waals surface area contributed by atoms with Gasteiger partial charge in [-0.3, -0.25) is 0 Å². The number of anilines is 5. The van der Waals surface area contributed by atoms with Crippen molar-refractivity contribution in [3.05, 3.63) is 42.0 Å². The van der Waals surface area contributed by atoms with Crippen molar-refractivity contribution in [3.63, 3.8) is 0 Å². The molecule has 0 bridgehead atoms. The minimum Gasteiger partial charge on any atom is -0.399 e. The normalized spacial score (nSPS) is 10.2. The number of nitrogens with zero attached hydrogens (tertiary/aromatic N) is 5. The van der Waals surface area contributed by atoms with Gasteiger partial charge in [-0.15, -0.1) is 0 Å². The molecule has 2 heterocycles. The lowest BCUT2D eigenvalue weighted by atomic mass is 10.1. The Morgan fingerprint density at radius 3 is 1.74 bits per heavy atom. The van der Waals surface area contributed by atoms with Gasteiger partial charge in [0.05, 0.1) is 22.7 Å². The lowest BCUT2D eigenvalue weighted by molar-refractivity contribution is 1.24. The molecule has 10 nitrogen and oxygen atoms in total. The topological polar surface area (TPSA) is 205 Å². The van der Waals surface area contributed by atoms with Gasteiger partial charge < -0.3 is 28.7 Å². The van der Waals surface area contributed by atoms with Crippen LogP contribution in [0.2, 0.25) is 0 Å². The molecule has 4 rings (SSSR count). The second-order valence-electron chi connectivity index (χ2n) is 5.55. The third-order valence-corrected chi connectivity index (χ3v) is 3.64. The smallest absolute Gasteiger partial charge is 0.222 e. The number of benzene rings is 2. The highest BCUT2D eigenvalue weighted by Gasteiger charge is 2.04. The van der Waals surface area contributed by atoms with Crippen LogP contribution in [0.3, 0.4) is 0 Å². The van der Waals surface area contributed by atoms with Crippen LogP contribution in [0.4, 0.5) is 29.2 Å². The molecule has 0 aliphatic carbocycles. The molecular weight excluding hydrogens is 344 g/mol. The monoisotopic (exact) mass is 360 g/mol. The molecule has 0 atom stereocenters. The standard InChI is InChI=1S/C9H7N5.C8H9N5/c10-4-5-1-2-7-6(3-5)8(11)14-9(12)13-7;9-4-1-2-6-5(3-4)7(10)13-8(11)12-6/h1-3H,(H4,11,12,13,14);1-3H,9H2,(H4,10,11,12,13). The minimum atomic E-state index is 0.139. The van der Waals surface area contributed by atoms with Crippen LogP contribution in [0.25, 0.3) is 21.8 Å². The number of hydrogen-bond acceptors (Lipinski definition) is 10. The first-order valence-electron chi connectivity index (χ1n) is 7.68. The summed E-state index contributed by atoms with van der Waals surface area (Å²) in [4.78, 5) is 15.6. The maximum atomic E-state index is 8.69. The molecule has 10 N–H and O–H groups in total. The Morgan fingerprint density at radius 1 is 0.667 bits per heavy atom. The number of nitriles is 1. The van der Waals surface area contributed by atoms with Crippen LogP contribution in [-0.4, -0.2) is 19.9 Å². The van der Waals surface area contributed by atoms with Crippen LogP contribution in [0.15, 0.2) is 36.4 Å². The molecule has 0 saturated carbocycles. The average Bonchev–Trinajstić information content (AvgIpc) is 2.62. The van der Waals surface area contributed by atoms with E-state index in [1.807, 2.05) is 6.07 Å². The van der Waals surface area contributed by atoms with Crippen LogP contribution < -0.4 is 28.7 Å². The second kappa shape index (κ2) is 6.85. The summed E-state index contributed by atoms with van der Waals surface area (Å²) < 4.78 is 0. The molecule has 0 saturated heterocycles. The fourth-order valence-electron chi connectivity index (χ4n) is 2.43. The van der Waals surface area contributed by atoms with Gasteiger partial charge in [0.1, 0.15) is 11.6 Å². The van der Waals surface area contributed by atoms with Gasteiger partial charge in [0, 0.05) is 16.5 Å². The number of nitrogen functional groups attached to an aromatic ring is 5. The Balaban J connectivity index is 0.000000156. The predicted octanol–water partition coefficient (Wildman–Crippen LogP) is 1.04. The SMILES string of the molecule is N#Cc1ccc2nc(N)nc(N)c2c1.Nc1ccc2nc(N)nc(N)c2c1. The molecule has 0 aliphatic rings. The van der Waals surface area contributed by atoms with Crippen molar-refractivity contribution < 1.29 is 0 Å². The molecule has 134 valence electrons. The van der Waals surface area contributed by atoms with E-state index >= 15 is 0 Å². The molecule has 0 radical (unpaired) electrons. The van der Waals surface area contributed by atoms with Crippen molar-refractivity contribution in [1.82, 2.24) is 19.9 Å². The van der Waals surface area contributed by atoms with Crippen LogP contribution >= 0.6 is 0 Å². The highest BCUT2D eigenvalue weighted by molar-refractivity contribution is 5.91. The lowest BCUT2D eigenvalue weighted by Gasteiger charge is -2.02. The van der Waals surface area contributed by atoms with Crippen LogP contribution in [0, 0.1) is 11.3 Å². The zero-order valence-corrected chi connectivity index (χ0v) is 14.1. The van der Waals surface area contributed by atoms with E-state index in [4.69, 9.17) is 33.9 Å². The first-order chi connectivity index (χ1) is 12.9. The van der Waals surface area contributed by atoms with E-state index in [1.165, 1.54) is 0 Å². The second-order valence-corrected chi connectivity index (χ2v) is 5.55. The maximum Gasteiger partial charge on any atom is 0.222 e. The molecule has 0 amide bonds. The molecular formula is C17H16N10. The predicted molar refractivity (Wildman–Crippen MR) is 106 cm³/mol. The number of fused-ring (bicyclic) bond motifs is 2. The molecule has 2 aromatic carbocycles. The van der Waals surface area contributed by atoms with E-state index < -0.39 is 0 Å². The van der Waals surface area contributed by atoms with Crippen molar-refractivity contribution in [3.8, 4) is 6.07 Å². The Hall–Kier alpha value is -4.39. The Labute approximate surface area is 153 Å². The summed E-state index contributed by atoms with van der Waals surface area (Å²) in [7, 11) is 0. The summed E-state index contributed by atoms with van der Waals surface area (Å²) in [6.07, 6.45) is 0. The molecule has 0 unspecified atom stereocenters. The quantitative estimate of drug-likeness (QED) is 0.281. The zero-order valence-electron chi connectivity index (χ0n) is 14.1. The van der Waals surface area contributed by atoms with Gasteiger partial charge in [-0.1, -0.05) is 0 Å². The molecule has 0 aliphatic heterocycles. The summed E-state index contributed by atoms with van der Waals surface area (Å²) in [6, 6.07) is 12.3. The number of nitrogens with two attached hydrogens (primary N) is 5. The minimum absolute atomic E-state index is 0.139. The largest absolute Gasteiger partial charge is 0.399 e. The molecule has 4 aromatic rings. The van der Waals surface area contributed by atoms with Gasteiger partial charge in [-0.2, -0.15) is 15.2 Å². The van der Waals surface area contributed by atoms with Gasteiger partial charge in [-0.05, 0) is 36.4 Å². The van der Waals surface area contributed by atoms with E-state index in [-0.39, 0.29) is 11.9 Å². The summed E-state index contributed by atoms with van der Waals surface area (Å²) in [5.74, 6) is 0.967. The van der Waals surface area contributed by atoms with Crippen molar-refractivity contribution in [1.29, 1.82) is 5.26 Å². The van der Waals surface area contributed by atoms with Crippen molar-refractivity contribution >= 4 is 51.0 Å². The summed E-state index contributed by atoms with van der Waals surface area (Å²) in [5, 5.41) is 10.1. The molecule has 10 heteroatoms. The Kier molecular flexibility index (Phi) is 4.42. The van der Waals surface area contributed by atoms with E-state index in [0.717, 1.165) is 5.39 Å². The molecule has 2 aromatic heterocycles. The maximum absolute atomic E-state index is 8.69. The van der Waals surface area contributed by atoms with Gasteiger partial charge >= 0.3 is 0 Å². The van der Waals surface area contributed by atoms with Crippen LogP contribution in [0.5, 0.6) is 0 Å². The zero-order chi connectivity index (χ0) is 19.6. The van der Waals surface area contributed by atoms with Crippen LogP contribution in [0.1, 0.15) is 5.56 Å². The Bertz CT molecular complexity index is 1200. The van der Waals surface area contributed by atoms with Crippen molar-refractivity contribution in [2.24, 2.45) is 0 Å². The number of aromatic nitrogens is 4. The summed E-state index contributed by atoms with van der Waals surface area (Å²) in [6.45, 7) is 0. The van der Waals surface area contributed by atoms with Crippen molar-refractivity contribution in [2.75, 3.05) is 28.7 Å². The molecule has 0 fully saturated rings. The van der Waals surface area contributed by atoms with E-state index in [0.29, 0.717) is 39.3 Å². The first-order valence-corrected chi connectivity index (χ1v) is 7.68. The molecule has 0 spiro atoms. The van der Waals surface area contributed by atoms with E-state index in [9.17, 15) is 0 Å². The third kappa shape index (κ3) is 3.67. The number of hydrogen-bond donors (Lipinski definition) is 5. The summed E-state index contributed by atoms with van der Waals surface area (Å²) in [5.41, 5.74) is 30.2. The Morgan fingerprint density at radius 2 is 1.19 bits per heavy atom. The van der Waals surface area contributed by atoms with E-state index in [2.05, 4.69) is 19.9 Å². The van der Waals surface area contributed by atoms with E-state index in [1.54, 1.807) is 36.4 Å². The van der Waals surface area contributed by atoms with Gasteiger partial charge in [0.2, 0.25) is 11.9 Å². The van der Waals surface area contributed by atoms with Crippen molar-refractivity contribution in [2.45, 2.75) is 0 Å². The van der Waals surface area contributed by atoms with Gasteiger partial charge in [-0.25, -0.2) is 9.97 Å². The lowest BCUT2D eigenvalue weighted by Crippen LogP contribution is -2.00. The van der Waals surface area contributed by atoms with Crippen LogP contribution in [-0.2, 0) is 0 Å². The highest BCUT2D eigenvalue weighted by atomic mass is 15.0.